The van der Waals surface area contributed by atoms with Gasteiger partial charge in [0.2, 0.25) is 0 Å². The second kappa shape index (κ2) is 5.39. The van der Waals surface area contributed by atoms with Crippen molar-refractivity contribution in [1.29, 1.82) is 0 Å². The molecule has 5 heteroatoms. The Morgan fingerprint density at radius 1 is 1.12 bits per heavy atom. The Balaban J connectivity index is 0.00000128. The minimum atomic E-state index is -0.600. The number of hydrogen-bond donors (Lipinski definition) is 1. The molecule has 0 bridgehead atoms. The smallest absolute Gasteiger partial charge is 0.126 e. The number of thiophene rings is 1. The van der Waals surface area contributed by atoms with Crippen LogP contribution in [-0.4, -0.2) is 0 Å². The number of benzene rings is 1. The van der Waals surface area contributed by atoms with Gasteiger partial charge in [-0.25, -0.2) is 8.78 Å². The summed E-state index contributed by atoms with van der Waals surface area (Å²) in [5.74, 6) is -1.20. The van der Waals surface area contributed by atoms with Gasteiger partial charge in [0, 0.05) is 10.9 Å². The van der Waals surface area contributed by atoms with Crippen molar-refractivity contribution in [3.05, 3.63) is 57.8 Å². The molecule has 0 aliphatic rings. The summed E-state index contributed by atoms with van der Waals surface area (Å²) in [6, 6.07) is 6.59. The van der Waals surface area contributed by atoms with Crippen LogP contribution >= 0.6 is 23.7 Å². The Morgan fingerprint density at radius 2 is 1.75 bits per heavy atom. The van der Waals surface area contributed by atoms with Gasteiger partial charge in [-0.1, -0.05) is 6.07 Å². The highest BCUT2D eigenvalue weighted by molar-refractivity contribution is 7.10. The van der Waals surface area contributed by atoms with Crippen molar-refractivity contribution in [1.82, 2.24) is 0 Å². The molecule has 16 heavy (non-hydrogen) atoms. The van der Waals surface area contributed by atoms with Crippen molar-refractivity contribution < 1.29 is 8.78 Å². The summed E-state index contributed by atoms with van der Waals surface area (Å²) in [4.78, 5) is 0.889. The van der Waals surface area contributed by atoms with Crippen LogP contribution in [0, 0.1) is 11.6 Å². The molecular formula is C11H10ClF2NS. The molecule has 1 aromatic carbocycles. The Labute approximate surface area is 102 Å². The van der Waals surface area contributed by atoms with Crippen molar-refractivity contribution in [2.24, 2.45) is 5.73 Å². The van der Waals surface area contributed by atoms with Gasteiger partial charge >= 0.3 is 0 Å². The molecule has 0 amide bonds. The van der Waals surface area contributed by atoms with Gasteiger partial charge in [0.1, 0.15) is 11.6 Å². The fourth-order valence-corrected chi connectivity index (χ4v) is 2.14. The van der Waals surface area contributed by atoms with Gasteiger partial charge < -0.3 is 5.73 Å². The van der Waals surface area contributed by atoms with E-state index in [1.165, 1.54) is 23.5 Å². The molecule has 1 aromatic heterocycles. The van der Waals surface area contributed by atoms with E-state index in [1.54, 1.807) is 0 Å². The molecule has 0 unspecified atom stereocenters. The van der Waals surface area contributed by atoms with Crippen LogP contribution in [0.2, 0.25) is 0 Å². The average molecular weight is 262 g/mol. The molecule has 86 valence electrons. The third-order valence-corrected chi connectivity index (χ3v) is 3.05. The first-order valence-electron chi connectivity index (χ1n) is 4.42. The van der Waals surface area contributed by atoms with E-state index in [4.69, 9.17) is 5.73 Å². The molecule has 0 radical (unpaired) electrons. The first-order valence-corrected chi connectivity index (χ1v) is 5.30. The zero-order chi connectivity index (χ0) is 10.8. The maximum Gasteiger partial charge on any atom is 0.126 e. The fourth-order valence-electron chi connectivity index (χ4n) is 1.39. The summed E-state index contributed by atoms with van der Waals surface area (Å²) >= 11 is 1.47. The topological polar surface area (TPSA) is 26.0 Å². The van der Waals surface area contributed by atoms with Crippen LogP contribution in [-0.2, 0) is 0 Å². The SMILES string of the molecule is Cl.N[C@@H](c1cc(F)cc(F)c1)c1cccs1. The summed E-state index contributed by atoms with van der Waals surface area (Å²) in [6.45, 7) is 0. The highest BCUT2D eigenvalue weighted by Gasteiger charge is 2.11. The molecule has 0 aliphatic carbocycles. The predicted molar refractivity (Wildman–Crippen MR) is 64.0 cm³/mol. The molecule has 0 saturated heterocycles. The second-order valence-corrected chi connectivity index (χ2v) is 4.18. The number of rotatable bonds is 2. The summed E-state index contributed by atoms with van der Waals surface area (Å²) in [5.41, 5.74) is 6.33. The first-order chi connectivity index (χ1) is 7.16. The van der Waals surface area contributed by atoms with Crippen LogP contribution in [0.4, 0.5) is 8.78 Å². The van der Waals surface area contributed by atoms with Crippen molar-refractivity contribution in [3.63, 3.8) is 0 Å². The predicted octanol–water partition coefficient (Wildman–Crippen LogP) is 3.50. The molecule has 1 atom stereocenters. The molecule has 2 rings (SSSR count). The van der Waals surface area contributed by atoms with Crippen molar-refractivity contribution >= 4 is 23.7 Å². The lowest BCUT2D eigenvalue weighted by Crippen LogP contribution is -2.10. The van der Waals surface area contributed by atoms with Gasteiger partial charge in [-0.15, -0.1) is 23.7 Å². The third kappa shape index (κ3) is 2.78. The van der Waals surface area contributed by atoms with Crippen molar-refractivity contribution in [2.75, 3.05) is 0 Å². The van der Waals surface area contributed by atoms with Crippen LogP contribution in [0.15, 0.2) is 35.7 Å². The third-order valence-electron chi connectivity index (χ3n) is 2.09. The summed E-state index contributed by atoms with van der Waals surface area (Å²) in [5, 5.41) is 1.88. The lowest BCUT2D eigenvalue weighted by molar-refractivity contribution is 0.577. The van der Waals surface area contributed by atoms with E-state index in [-0.39, 0.29) is 12.4 Å². The number of nitrogens with two attached hydrogens (primary N) is 1. The van der Waals surface area contributed by atoms with Crippen LogP contribution in [0.1, 0.15) is 16.5 Å². The second-order valence-electron chi connectivity index (χ2n) is 3.20. The maximum atomic E-state index is 12.9. The standard InChI is InChI=1S/C11H9F2NS.ClH/c12-8-4-7(5-9(13)6-8)11(14)10-2-1-3-15-10;/h1-6,11H,14H2;1H/t11-;/m0./s1. The van der Waals surface area contributed by atoms with Gasteiger partial charge in [-0.3, -0.25) is 0 Å². The lowest BCUT2D eigenvalue weighted by Gasteiger charge is -2.09. The summed E-state index contributed by atoms with van der Waals surface area (Å²) in [6.07, 6.45) is 0. The van der Waals surface area contributed by atoms with Gasteiger partial charge in [0.15, 0.2) is 0 Å². The van der Waals surface area contributed by atoms with Gasteiger partial charge in [0.05, 0.1) is 6.04 Å². The largest absolute Gasteiger partial charge is 0.320 e. The van der Waals surface area contributed by atoms with E-state index < -0.39 is 17.7 Å². The molecule has 1 nitrogen and oxygen atoms in total. The molecule has 2 aromatic rings. The normalized spacial score (nSPS) is 11.9. The Hall–Kier alpha value is -0.970. The zero-order valence-corrected chi connectivity index (χ0v) is 9.82. The molecular weight excluding hydrogens is 252 g/mol. The van der Waals surface area contributed by atoms with Gasteiger partial charge in [0.25, 0.3) is 0 Å². The Morgan fingerprint density at radius 3 is 2.25 bits per heavy atom. The fraction of sp³-hybridized carbons (Fsp3) is 0.0909. The molecule has 2 N–H and O–H groups in total. The Kier molecular flexibility index (Phi) is 4.41. The highest BCUT2D eigenvalue weighted by Crippen LogP contribution is 2.24. The van der Waals surface area contributed by atoms with E-state index in [0.29, 0.717) is 5.56 Å². The first kappa shape index (κ1) is 13.1. The lowest BCUT2D eigenvalue weighted by atomic mass is 10.1. The van der Waals surface area contributed by atoms with E-state index in [2.05, 4.69) is 0 Å². The molecule has 0 spiro atoms. The molecule has 0 fully saturated rings. The maximum absolute atomic E-state index is 12.9. The minimum absolute atomic E-state index is 0. The highest BCUT2D eigenvalue weighted by atomic mass is 35.5. The molecule has 1 heterocycles. The Bertz CT molecular complexity index is 439. The van der Waals surface area contributed by atoms with Crippen LogP contribution in [0.5, 0.6) is 0 Å². The summed E-state index contributed by atoms with van der Waals surface area (Å²) < 4.78 is 25.9. The van der Waals surface area contributed by atoms with Crippen LogP contribution in [0.25, 0.3) is 0 Å². The van der Waals surface area contributed by atoms with E-state index >= 15 is 0 Å². The van der Waals surface area contributed by atoms with Crippen LogP contribution < -0.4 is 5.73 Å². The number of halogens is 3. The monoisotopic (exact) mass is 261 g/mol. The number of hydrogen-bond acceptors (Lipinski definition) is 2. The van der Waals surface area contributed by atoms with Crippen molar-refractivity contribution in [3.8, 4) is 0 Å². The summed E-state index contributed by atoms with van der Waals surface area (Å²) in [7, 11) is 0. The zero-order valence-electron chi connectivity index (χ0n) is 8.19. The quantitative estimate of drug-likeness (QED) is 0.880. The minimum Gasteiger partial charge on any atom is -0.320 e. The van der Waals surface area contributed by atoms with E-state index in [0.717, 1.165) is 10.9 Å². The molecule has 0 aliphatic heterocycles. The average Bonchev–Trinajstić information content (AvgIpc) is 2.67. The van der Waals surface area contributed by atoms with Crippen molar-refractivity contribution in [2.45, 2.75) is 6.04 Å². The van der Waals surface area contributed by atoms with E-state index in [9.17, 15) is 8.78 Å². The van der Waals surface area contributed by atoms with Gasteiger partial charge in [-0.05, 0) is 29.1 Å². The van der Waals surface area contributed by atoms with E-state index in [1.807, 2.05) is 17.5 Å². The van der Waals surface area contributed by atoms with Gasteiger partial charge in [-0.2, -0.15) is 0 Å². The van der Waals surface area contributed by atoms with Crippen LogP contribution in [0.3, 0.4) is 0 Å². The molecule has 0 saturated carbocycles.